The molecule has 0 saturated carbocycles. The molecule has 0 N–H and O–H groups in total. The Morgan fingerprint density at radius 1 is 1.32 bits per heavy atom. The molecule has 8 heteroatoms. The van der Waals surface area contributed by atoms with Crippen LogP contribution in [-0.4, -0.2) is 31.9 Å². The topological polar surface area (TPSA) is 43.1 Å². The Morgan fingerprint density at radius 2 is 2.00 bits per heavy atom. The van der Waals surface area contributed by atoms with Crippen molar-refractivity contribution in [2.45, 2.75) is 45.2 Å². The minimum absolute atomic E-state index is 0.00584. The lowest BCUT2D eigenvalue weighted by Crippen LogP contribution is -2.18. The third kappa shape index (κ3) is 4.46. The van der Waals surface area contributed by atoms with Crippen molar-refractivity contribution in [3.8, 4) is 0 Å². The predicted molar refractivity (Wildman–Crippen MR) is 83.3 cm³/mol. The van der Waals surface area contributed by atoms with Crippen LogP contribution in [0.1, 0.15) is 32.2 Å². The van der Waals surface area contributed by atoms with E-state index in [2.05, 4.69) is 14.5 Å². The first-order valence-corrected chi connectivity index (χ1v) is 7.44. The van der Waals surface area contributed by atoms with Crippen LogP contribution in [0.15, 0.2) is 16.7 Å². The van der Waals surface area contributed by atoms with Gasteiger partial charge < -0.3 is 0 Å². The third-order valence-corrected chi connectivity index (χ3v) is 3.44. The highest BCUT2D eigenvalue weighted by Gasteiger charge is 2.29. The minimum Gasteiger partial charge on any atom is -0.254 e. The summed E-state index contributed by atoms with van der Waals surface area (Å²) < 4.78 is 42.8. The molecule has 0 aliphatic heterocycles. The zero-order valence-electron chi connectivity index (χ0n) is 12.8. The zero-order chi connectivity index (χ0) is 16.5. The fraction of sp³-hybridized carbons (Fsp3) is 0.500. The van der Waals surface area contributed by atoms with Crippen molar-refractivity contribution < 1.29 is 13.2 Å². The van der Waals surface area contributed by atoms with Crippen LogP contribution in [-0.2, 0) is 6.54 Å². The number of nitrogens with zero attached hydrogens (tertiary/aromatic N) is 4. The lowest BCUT2D eigenvalue weighted by atomic mass is 10.2. The summed E-state index contributed by atoms with van der Waals surface area (Å²) in [5, 5.41) is 4.60. The molecule has 2 rings (SSSR count). The molecular formula is C14H17F3N4S. The monoisotopic (exact) mass is 330 g/mol. The molecule has 0 amide bonds. The van der Waals surface area contributed by atoms with Crippen LogP contribution in [0.3, 0.4) is 0 Å². The van der Waals surface area contributed by atoms with Crippen LogP contribution in [0.2, 0.25) is 0 Å². The van der Waals surface area contributed by atoms with Crippen molar-refractivity contribution in [3.05, 3.63) is 23.7 Å². The molecule has 2 aromatic heterocycles. The number of hydrogen-bond donors (Lipinski definition) is 0. The van der Waals surface area contributed by atoms with Crippen LogP contribution < -0.4 is 0 Å². The summed E-state index contributed by atoms with van der Waals surface area (Å²) in [6, 6.07) is 1.71. The number of pyridine rings is 1. The van der Waals surface area contributed by atoms with E-state index in [0.29, 0.717) is 22.3 Å². The van der Waals surface area contributed by atoms with Crippen molar-refractivity contribution in [3.63, 3.8) is 0 Å². The van der Waals surface area contributed by atoms with Crippen LogP contribution in [0, 0.1) is 6.92 Å². The van der Waals surface area contributed by atoms with E-state index in [1.54, 1.807) is 19.2 Å². The van der Waals surface area contributed by atoms with Gasteiger partial charge in [-0.15, -0.1) is 0 Å². The lowest BCUT2D eigenvalue weighted by Gasteiger charge is -2.11. The number of fused-ring (bicyclic) bond motifs is 1. The number of hydrogen-bond acceptors (Lipinski definition) is 4. The van der Waals surface area contributed by atoms with Crippen LogP contribution in [0.25, 0.3) is 10.9 Å². The molecule has 0 radical (unpaired) electrons. The van der Waals surface area contributed by atoms with E-state index < -0.39 is 12.7 Å². The number of aryl methyl sites for hydroxylation is 1. The van der Waals surface area contributed by atoms with Crippen LogP contribution in [0.4, 0.5) is 13.2 Å². The summed E-state index contributed by atoms with van der Waals surface area (Å²) in [4.78, 5) is 4.14. The van der Waals surface area contributed by atoms with E-state index in [1.807, 2.05) is 20.8 Å². The Morgan fingerprint density at radius 3 is 2.59 bits per heavy atom. The van der Waals surface area contributed by atoms with Gasteiger partial charge in [-0.1, -0.05) is 0 Å². The second kappa shape index (κ2) is 5.91. The maximum absolute atomic E-state index is 12.5. The second-order valence-corrected chi connectivity index (χ2v) is 7.54. The van der Waals surface area contributed by atoms with Gasteiger partial charge in [-0.3, -0.25) is 9.67 Å². The first kappa shape index (κ1) is 16.8. The second-order valence-electron chi connectivity index (χ2n) is 5.92. The Bertz CT molecular complexity index is 698. The Labute approximate surface area is 131 Å². The summed E-state index contributed by atoms with van der Waals surface area (Å²) in [6.07, 6.45) is -1.30. The van der Waals surface area contributed by atoms with Crippen molar-refractivity contribution >= 4 is 29.1 Å². The maximum atomic E-state index is 12.5. The lowest BCUT2D eigenvalue weighted by molar-refractivity contribution is -0.141. The minimum atomic E-state index is -4.31. The molecule has 120 valence electrons. The van der Waals surface area contributed by atoms with E-state index in [9.17, 15) is 13.2 Å². The first-order chi connectivity index (χ1) is 10.1. The number of aromatic nitrogens is 3. The molecule has 2 aromatic rings. The molecule has 0 spiro atoms. The maximum Gasteiger partial charge on any atom is 0.408 e. The quantitative estimate of drug-likeness (QED) is 0.627. The fourth-order valence-electron chi connectivity index (χ4n) is 1.85. The largest absolute Gasteiger partial charge is 0.408 e. The van der Waals surface area contributed by atoms with Gasteiger partial charge in [-0.25, -0.2) is 4.40 Å². The van der Waals surface area contributed by atoms with E-state index in [4.69, 9.17) is 0 Å². The molecule has 0 aromatic carbocycles. The number of alkyl halides is 3. The van der Waals surface area contributed by atoms with Gasteiger partial charge in [0.2, 0.25) is 0 Å². The molecule has 0 bridgehead atoms. The summed E-state index contributed by atoms with van der Waals surface area (Å²) in [5.74, 6) is 0. The van der Waals surface area contributed by atoms with Gasteiger partial charge >= 0.3 is 6.18 Å². The molecule has 0 aliphatic rings. The Balaban J connectivity index is 2.30. The van der Waals surface area contributed by atoms with Crippen molar-refractivity contribution in [1.82, 2.24) is 14.8 Å². The van der Waals surface area contributed by atoms with Crippen LogP contribution >= 0.6 is 11.9 Å². The smallest absolute Gasteiger partial charge is 0.254 e. The van der Waals surface area contributed by atoms with Gasteiger partial charge in [0, 0.05) is 10.1 Å². The van der Waals surface area contributed by atoms with Gasteiger partial charge in [-0.2, -0.15) is 18.3 Å². The normalized spacial score (nSPS) is 13.4. The highest BCUT2D eigenvalue weighted by atomic mass is 32.2. The number of halogens is 3. The fourth-order valence-corrected chi connectivity index (χ4v) is 2.32. The van der Waals surface area contributed by atoms with Gasteiger partial charge in [0.15, 0.2) is 0 Å². The van der Waals surface area contributed by atoms with Crippen LogP contribution in [0.5, 0.6) is 0 Å². The zero-order valence-corrected chi connectivity index (χ0v) is 13.6. The molecule has 0 unspecified atom stereocenters. The van der Waals surface area contributed by atoms with E-state index in [-0.39, 0.29) is 4.75 Å². The summed E-state index contributed by atoms with van der Waals surface area (Å²) in [6.45, 7) is 6.68. The van der Waals surface area contributed by atoms with Gasteiger partial charge in [0.05, 0.1) is 29.3 Å². The Kier molecular flexibility index (Phi) is 4.51. The number of rotatable bonds is 3. The molecular weight excluding hydrogens is 313 g/mol. The molecule has 2 heterocycles. The predicted octanol–water partition coefficient (Wildman–Crippen LogP) is 4.17. The SMILES string of the molecule is Cc1nn(CC(F)(F)F)c2cnc(/C=N/SC(C)(C)C)cc12. The van der Waals surface area contributed by atoms with Crippen molar-refractivity contribution in [2.24, 2.45) is 4.40 Å². The van der Waals surface area contributed by atoms with Crippen molar-refractivity contribution in [2.75, 3.05) is 0 Å². The highest BCUT2D eigenvalue weighted by Crippen LogP contribution is 2.25. The highest BCUT2D eigenvalue weighted by molar-refractivity contribution is 7.99. The van der Waals surface area contributed by atoms with E-state index in [1.165, 1.54) is 18.1 Å². The summed E-state index contributed by atoms with van der Waals surface area (Å²) >= 11 is 1.41. The molecule has 22 heavy (non-hydrogen) atoms. The molecule has 0 atom stereocenters. The van der Waals surface area contributed by atoms with E-state index >= 15 is 0 Å². The van der Waals surface area contributed by atoms with E-state index in [0.717, 1.165) is 4.68 Å². The third-order valence-electron chi connectivity index (χ3n) is 2.68. The van der Waals surface area contributed by atoms with Gasteiger partial charge in [0.1, 0.15) is 6.54 Å². The Hall–Kier alpha value is -1.57. The average Bonchev–Trinajstić information content (AvgIpc) is 2.62. The summed E-state index contributed by atoms with van der Waals surface area (Å²) in [5.41, 5.74) is 1.51. The molecule has 0 aliphatic carbocycles. The summed E-state index contributed by atoms with van der Waals surface area (Å²) in [7, 11) is 0. The van der Waals surface area contributed by atoms with Crippen molar-refractivity contribution in [1.29, 1.82) is 0 Å². The average molecular weight is 330 g/mol. The van der Waals surface area contributed by atoms with Gasteiger partial charge in [0.25, 0.3) is 0 Å². The molecule has 0 saturated heterocycles. The molecule has 0 fully saturated rings. The first-order valence-electron chi connectivity index (χ1n) is 6.67. The van der Waals surface area contributed by atoms with Gasteiger partial charge in [-0.05, 0) is 45.7 Å². The molecule has 4 nitrogen and oxygen atoms in total. The standard InChI is InChI=1S/C14H17F3N4S/c1-9-11-5-10(6-19-22-13(2,3)4)18-7-12(11)21(20-9)8-14(15,16)17/h5-7H,8H2,1-4H3/b19-6+.